The fraction of sp³-hybridized carbons (Fsp3) is 0.500. The van der Waals surface area contributed by atoms with Crippen molar-refractivity contribution in [2.45, 2.75) is 26.7 Å². The Morgan fingerprint density at radius 3 is 3.06 bits per heavy atom. The first-order valence-corrected chi connectivity index (χ1v) is 5.79. The molecule has 0 radical (unpaired) electrons. The van der Waals surface area contributed by atoms with Crippen molar-refractivity contribution in [2.24, 2.45) is 5.92 Å². The Labute approximate surface area is 104 Å². The Bertz CT molecular complexity index is 381. The Kier molecular flexibility index (Phi) is 4.47. The van der Waals surface area contributed by atoms with E-state index in [2.05, 4.69) is 20.9 Å². The van der Waals surface area contributed by atoms with Gasteiger partial charge in [-0.2, -0.15) is 0 Å². The highest BCUT2D eigenvalue weighted by Crippen LogP contribution is 2.47. The Balaban J connectivity index is 0.00000128. The summed E-state index contributed by atoms with van der Waals surface area (Å²) in [4.78, 5) is 15.7. The summed E-state index contributed by atoms with van der Waals surface area (Å²) in [6.07, 6.45) is 2.61. The smallest absolute Gasteiger partial charge is 0.309 e. The van der Waals surface area contributed by atoms with Gasteiger partial charge >= 0.3 is 5.97 Å². The van der Waals surface area contributed by atoms with E-state index in [0.29, 0.717) is 6.61 Å². The molecular weight excluding hydrogens is 270 g/mol. The molecule has 1 saturated carbocycles. The number of nitrogens with zero attached hydrogens (tertiary/aromatic N) is 1. The van der Waals surface area contributed by atoms with Crippen molar-refractivity contribution in [2.75, 3.05) is 6.61 Å². The number of ether oxygens (including phenoxy) is 1. The van der Waals surface area contributed by atoms with E-state index in [1.807, 2.05) is 19.1 Å². The summed E-state index contributed by atoms with van der Waals surface area (Å²) in [6, 6.07) is 3.84. The standard InChI is InChI=1S/C11H12BrNO2.CH4/c1-2-15-11(14)9-6-8(9)10-5-7(12)3-4-13-10;/h3-5,8-9H,2,6H2,1H3;1H4. The van der Waals surface area contributed by atoms with Crippen molar-refractivity contribution in [3.63, 3.8) is 0 Å². The number of aromatic nitrogens is 1. The third-order valence-electron chi connectivity index (χ3n) is 2.50. The number of rotatable bonds is 3. The number of carbonyl (C=O) groups excluding carboxylic acids is 1. The van der Waals surface area contributed by atoms with Gasteiger partial charge in [0.25, 0.3) is 0 Å². The van der Waals surface area contributed by atoms with Crippen LogP contribution in [0, 0.1) is 5.92 Å². The molecule has 4 heteroatoms. The average molecular weight is 286 g/mol. The zero-order valence-electron chi connectivity index (χ0n) is 8.44. The quantitative estimate of drug-likeness (QED) is 0.801. The van der Waals surface area contributed by atoms with Gasteiger partial charge in [0.15, 0.2) is 0 Å². The minimum atomic E-state index is -0.0933. The van der Waals surface area contributed by atoms with E-state index in [-0.39, 0.29) is 25.2 Å². The molecule has 0 aromatic carbocycles. The summed E-state index contributed by atoms with van der Waals surface area (Å²) in [7, 11) is 0. The van der Waals surface area contributed by atoms with Crippen molar-refractivity contribution < 1.29 is 9.53 Å². The molecule has 88 valence electrons. The lowest BCUT2D eigenvalue weighted by atomic mass is 10.2. The first-order valence-electron chi connectivity index (χ1n) is 5.00. The molecule has 1 aliphatic rings. The first-order chi connectivity index (χ1) is 7.22. The van der Waals surface area contributed by atoms with Gasteiger partial charge in [0.2, 0.25) is 0 Å². The molecule has 1 fully saturated rings. The Morgan fingerprint density at radius 1 is 1.69 bits per heavy atom. The predicted octanol–water partition coefficient (Wildman–Crippen LogP) is 3.15. The summed E-state index contributed by atoms with van der Waals surface area (Å²) in [5, 5.41) is 0. The second kappa shape index (κ2) is 5.43. The number of esters is 1. The van der Waals surface area contributed by atoms with E-state index >= 15 is 0 Å². The average Bonchev–Trinajstić information content (AvgIpc) is 2.97. The molecule has 1 aromatic heterocycles. The van der Waals surface area contributed by atoms with Gasteiger partial charge in [0.1, 0.15) is 0 Å². The molecule has 3 nitrogen and oxygen atoms in total. The minimum Gasteiger partial charge on any atom is -0.466 e. The second-order valence-electron chi connectivity index (χ2n) is 3.60. The highest BCUT2D eigenvalue weighted by molar-refractivity contribution is 9.10. The second-order valence-corrected chi connectivity index (χ2v) is 4.52. The molecule has 2 atom stereocenters. The Hall–Kier alpha value is -0.900. The number of carbonyl (C=O) groups is 1. The zero-order chi connectivity index (χ0) is 10.8. The van der Waals surface area contributed by atoms with E-state index in [1.165, 1.54) is 0 Å². The van der Waals surface area contributed by atoms with Crippen LogP contribution in [0.15, 0.2) is 22.8 Å². The van der Waals surface area contributed by atoms with Crippen LogP contribution in [0.25, 0.3) is 0 Å². The number of hydrogen-bond acceptors (Lipinski definition) is 3. The van der Waals surface area contributed by atoms with E-state index in [9.17, 15) is 4.79 Å². The van der Waals surface area contributed by atoms with Gasteiger partial charge in [-0.05, 0) is 25.5 Å². The predicted molar refractivity (Wildman–Crippen MR) is 66.1 cm³/mol. The maximum absolute atomic E-state index is 11.4. The summed E-state index contributed by atoms with van der Waals surface area (Å²) in [5.41, 5.74) is 0.974. The van der Waals surface area contributed by atoms with Gasteiger partial charge < -0.3 is 4.74 Å². The minimum absolute atomic E-state index is 0. The maximum atomic E-state index is 11.4. The molecule has 1 heterocycles. The van der Waals surface area contributed by atoms with Crippen LogP contribution in [-0.2, 0) is 9.53 Å². The molecule has 2 rings (SSSR count). The molecule has 0 bridgehead atoms. The van der Waals surface area contributed by atoms with E-state index in [0.717, 1.165) is 16.6 Å². The lowest BCUT2D eigenvalue weighted by Crippen LogP contribution is -2.07. The molecule has 2 unspecified atom stereocenters. The zero-order valence-corrected chi connectivity index (χ0v) is 10.0. The Morgan fingerprint density at radius 2 is 2.44 bits per heavy atom. The normalized spacial score (nSPS) is 22.1. The summed E-state index contributed by atoms with van der Waals surface area (Å²) >= 11 is 3.39. The molecule has 0 N–H and O–H groups in total. The van der Waals surface area contributed by atoms with Crippen LogP contribution >= 0.6 is 15.9 Å². The van der Waals surface area contributed by atoms with Gasteiger partial charge in [0.05, 0.1) is 12.5 Å². The lowest BCUT2D eigenvalue weighted by Gasteiger charge is -2.01. The SMILES string of the molecule is C.CCOC(=O)C1CC1c1cc(Br)ccn1. The van der Waals surface area contributed by atoms with Gasteiger partial charge in [-0.1, -0.05) is 23.4 Å². The van der Waals surface area contributed by atoms with Gasteiger partial charge in [-0.3, -0.25) is 9.78 Å². The van der Waals surface area contributed by atoms with Gasteiger partial charge in [0, 0.05) is 22.3 Å². The van der Waals surface area contributed by atoms with Crippen LogP contribution < -0.4 is 0 Å². The van der Waals surface area contributed by atoms with Crippen molar-refractivity contribution in [1.29, 1.82) is 0 Å². The van der Waals surface area contributed by atoms with Gasteiger partial charge in [-0.15, -0.1) is 0 Å². The molecule has 1 aliphatic carbocycles. The van der Waals surface area contributed by atoms with Crippen molar-refractivity contribution >= 4 is 21.9 Å². The monoisotopic (exact) mass is 285 g/mol. The lowest BCUT2D eigenvalue weighted by molar-refractivity contribution is -0.144. The van der Waals surface area contributed by atoms with E-state index in [4.69, 9.17) is 4.74 Å². The highest BCUT2D eigenvalue weighted by atomic mass is 79.9. The molecule has 0 saturated heterocycles. The molecule has 0 spiro atoms. The van der Waals surface area contributed by atoms with E-state index in [1.54, 1.807) is 6.20 Å². The molecule has 16 heavy (non-hydrogen) atoms. The van der Waals surface area contributed by atoms with Crippen LogP contribution in [0.1, 0.15) is 32.4 Å². The van der Waals surface area contributed by atoms with Crippen LogP contribution in [0.3, 0.4) is 0 Å². The van der Waals surface area contributed by atoms with E-state index < -0.39 is 0 Å². The summed E-state index contributed by atoms with van der Waals surface area (Å²) in [5.74, 6) is 0.178. The van der Waals surface area contributed by atoms with Crippen molar-refractivity contribution in [3.05, 3.63) is 28.5 Å². The third kappa shape index (κ3) is 2.82. The topological polar surface area (TPSA) is 39.2 Å². The van der Waals surface area contributed by atoms with Gasteiger partial charge in [-0.25, -0.2) is 0 Å². The number of pyridine rings is 1. The van der Waals surface area contributed by atoms with Crippen LogP contribution in [-0.4, -0.2) is 17.6 Å². The maximum Gasteiger partial charge on any atom is 0.309 e. The molecule has 0 aliphatic heterocycles. The molecular formula is C12H16BrNO2. The number of halogens is 1. The number of hydrogen-bond donors (Lipinski definition) is 0. The van der Waals surface area contributed by atoms with Crippen LogP contribution in [0.5, 0.6) is 0 Å². The summed E-state index contributed by atoms with van der Waals surface area (Å²) < 4.78 is 5.97. The third-order valence-corrected chi connectivity index (χ3v) is 3.00. The van der Waals surface area contributed by atoms with Crippen LogP contribution in [0.4, 0.5) is 0 Å². The molecule has 0 amide bonds. The molecule has 1 aromatic rings. The van der Waals surface area contributed by atoms with Crippen LogP contribution in [0.2, 0.25) is 0 Å². The highest BCUT2D eigenvalue weighted by Gasteiger charge is 2.46. The fourth-order valence-electron chi connectivity index (χ4n) is 1.66. The fourth-order valence-corrected chi connectivity index (χ4v) is 2.01. The van der Waals surface area contributed by atoms with Crippen molar-refractivity contribution in [1.82, 2.24) is 4.98 Å². The van der Waals surface area contributed by atoms with Crippen molar-refractivity contribution in [3.8, 4) is 0 Å². The first kappa shape index (κ1) is 13.2. The summed E-state index contributed by atoms with van der Waals surface area (Å²) in [6.45, 7) is 2.28. The largest absolute Gasteiger partial charge is 0.466 e.